The SMILES string of the molecule is CNS(=O)(=O)c1cc(C(=O)OCc2ccc(Cl)cc2)ccc1Cl. The molecule has 0 saturated heterocycles. The summed E-state index contributed by atoms with van der Waals surface area (Å²) >= 11 is 11.6. The van der Waals surface area contributed by atoms with Crippen molar-refractivity contribution in [3.05, 3.63) is 63.6 Å². The third kappa shape index (κ3) is 4.45. The molecule has 0 spiro atoms. The van der Waals surface area contributed by atoms with Gasteiger partial charge in [0, 0.05) is 5.02 Å². The number of esters is 1. The van der Waals surface area contributed by atoms with Crippen LogP contribution in [-0.4, -0.2) is 21.4 Å². The van der Waals surface area contributed by atoms with Crippen LogP contribution in [-0.2, 0) is 21.4 Å². The Morgan fingerprint density at radius 2 is 1.78 bits per heavy atom. The normalized spacial score (nSPS) is 11.3. The van der Waals surface area contributed by atoms with Gasteiger partial charge in [-0.25, -0.2) is 17.9 Å². The number of rotatable bonds is 5. The summed E-state index contributed by atoms with van der Waals surface area (Å²) in [5.41, 5.74) is 0.858. The number of benzene rings is 2. The van der Waals surface area contributed by atoms with Gasteiger partial charge in [-0.2, -0.15) is 0 Å². The number of halogens is 2. The zero-order valence-electron chi connectivity index (χ0n) is 12.0. The summed E-state index contributed by atoms with van der Waals surface area (Å²) in [6, 6.07) is 10.8. The Morgan fingerprint density at radius 3 is 2.39 bits per heavy atom. The van der Waals surface area contributed by atoms with E-state index in [1.165, 1.54) is 25.2 Å². The molecule has 0 atom stereocenters. The van der Waals surface area contributed by atoms with Gasteiger partial charge in [0.15, 0.2) is 0 Å². The molecule has 0 heterocycles. The lowest BCUT2D eigenvalue weighted by molar-refractivity contribution is 0.0472. The summed E-state index contributed by atoms with van der Waals surface area (Å²) in [5.74, 6) is -0.649. The largest absolute Gasteiger partial charge is 0.457 e. The Hall–Kier alpha value is -1.60. The molecule has 0 bridgehead atoms. The molecule has 0 amide bonds. The Balaban J connectivity index is 2.16. The van der Waals surface area contributed by atoms with E-state index in [0.29, 0.717) is 5.02 Å². The quantitative estimate of drug-likeness (QED) is 0.816. The molecule has 0 fully saturated rings. The fourth-order valence-electron chi connectivity index (χ4n) is 1.76. The zero-order chi connectivity index (χ0) is 17.0. The monoisotopic (exact) mass is 373 g/mol. The van der Waals surface area contributed by atoms with Crippen molar-refractivity contribution < 1.29 is 17.9 Å². The van der Waals surface area contributed by atoms with Gasteiger partial charge in [0.25, 0.3) is 0 Å². The zero-order valence-corrected chi connectivity index (χ0v) is 14.4. The van der Waals surface area contributed by atoms with E-state index < -0.39 is 16.0 Å². The first-order valence-corrected chi connectivity index (χ1v) is 8.72. The van der Waals surface area contributed by atoms with Gasteiger partial charge in [0.1, 0.15) is 11.5 Å². The van der Waals surface area contributed by atoms with Gasteiger partial charge in [0.2, 0.25) is 10.0 Å². The molecule has 5 nitrogen and oxygen atoms in total. The van der Waals surface area contributed by atoms with E-state index >= 15 is 0 Å². The van der Waals surface area contributed by atoms with E-state index in [2.05, 4.69) is 4.72 Å². The van der Waals surface area contributed by atoms with Crippen LogP contribution < -0.4 is 4.72 Å². The van der Waals surface area contributed by atoms with E-state index in [9.17, 15) is 13.2 Å². The molecule has 0 saturated carbocycles. The topological polar surface area (TPSA) is 72.5 Å². The molecule has 0 unspecified atom stereocenters. The fraction of sp³-hybridized carbons (Fsp3) is 0.133. The Labute approximate surface area is 144 Å². The van der Waals surface area contributed by atoms with Crippen molar-refractivity contribution in [3.8, 4) is 0 Å². The summed E-state index contributed by atoms with van der Waals surface area (Å²) in [6.45, 7) is 0.0484. The van der Waals surface area contributed by atoms with Gasteiger partial charge in [-0.05, 0) is 42.9 Å². The third-order valence-corrected chi connectivity index (χ3v) is 5.16. The Bertz CT molecular complexity index is 820. The summed E-state index contributed by atoms with van der Waals surface area (Å²) in [6.07, 6.45) is 0. The molecule has 0 aliphatic carbocycles. The molecule has 0 aliphatic heterocycles. The average Bonchev–Trinajstić information content (AvgIpc) is 2.54. The van der Waals surface area contributed by atoms with Gasteiger partial charge < -0.3 is 4.74 Å². The third-order valence-electron chi connectivity index (χ3n) is 3.01. The van der Waals surface area contributed by atoms with Crippen molar-refractivity contribution in [2.24, 2.45) is 0 Å². The maximum absolute atomic E-state index is 12.1. The number of nitrogens with one attached hydrogen (secondary N) is 1. The van der Waals surface area contributed by atoms with E-state index in [-0.39, 0.29) is 22.1 Å². The van der Waals surface area contributed by atoms with Crippen LogP contribution in [0.4, 0.5) is 0 Å². The van der Waals surface area contributed by atoms with Gasteiger partial charge in [0.05, 0.1) is 10.6 Å². The molecule has 1 N–H and O–H groups in total. The highest BCUT2D eigenvalue weighted by Gasteiger charge is 2.19. The predicted molar refractivity (Wildman–Crippen MR) is 88.3 cm³/mol. The second-order valence-corrected chi connectivity index (χ2v) is 7.25. The predicted octanol–water partition coefficient (Wildman–Crippen LogP) is 3.26. The molecule has 2 rings (SSSR count). The first kappa shape index (κ1) is 17.7. The first-order valence-electron chi connectivity index (χ1n) is 6.48. The Morgan fingerprint density at radius 1 is 1.13 bits per heavy atom. The number of ether oxygens (including phenoxy) is 1. The Kier molecular flexibility index (Phi) is 5.64. The lowest BCUT2D eigenvalue weighted by Gasteiger charge is -2.08. The number of carbonyl (C=O) groups is 1. The average molecular weight is 374 g/mol. The van der Waals surface area contributed by atoms with Crippen LogP contribution in [0.1, 0.15) is 15.9 Å². The summed E-state index contributed by atoms with van der Waals surface area (Å²) in [4.78, 5) is 11.9. The molecule has 2 aromatic carbocycles. The highest BCUT2D eigenvalue weighted by atomic mass is 35.5. The minimum absolute atomic E-state index is 0.0219. The van der Waals surface area contributed by atoms with Crippen LogP contribution in [0.15, 0.2) is 47.4 Å². The minimum atomic E-state index is -3.76. The standard InChI is InChI=1S/C15H13Cl2NO4S/c1-18-23(20,21)14-8-11(4-7-13(14)17)15(19)22-9-10-2-5-12(16)6-3-10/h2-8,18H,9H2,1H3. The molecule has 0 aliphatic rings. The molecule has 0 radical (unpaired) electrons. The van der Waals surface area contributed by atoms with Gasteiger partial charge >= 0.3 is 5.97 Å². The van der Waals surface area contributed by atoms with E-state index in [1.807, 2.05) is 0 Å². The van der Waals surface area contributed by atoms with Crippen molar-refractivity contribution >= 4 is 39.2 Å². The lowest BCUT2D eigenvalue weighted by atomic mass is 10.2. The van der Waals surface area contributed by atoms with Crippen molar-refractivity contribution in [1.29, 1.82) is 0 Å². The minimum Gasteiger partial charge on any atom is -0.457 e. The summed E-state index contributed by atoms with van der Waals surface area (Å²) < 4.78 is 31.0. The second kappa shape index (κ2) is 7.31. The smallest absolute Gasteiger partial charge is 0.338 e. The fourth-order valence-corrected chi connectivity index (χ4v) is 3.13. The molecule has 122 valence electrons. The van der Waals surface area contributed by atoms with Crippen LogP contribution in [0.5, 0.6) is 0 Å². The molecule has 0 aromatic heterocycles. The number of carbonyl (C=O) groups excluding carboxylic acids is 1. The maximum atomic E-state index is 12.1. The number of sulfonamides is 1. The van der Waals surface area contributed by atoms with E-state index in [4.69, 9.17) is 27.9 Å². The summed E-state index contributed by atoms with van der Waals surface area (Å²) in [7, 11) is -2.50. The van der Waals surface area contributed by atoms with Gasteiger partial charge in [-0.15, -0.1) is 0 Å². The van der Waals surface area contributed by atoms with E-state index in [1.54, 1.807) is 24.3 Å². The number of hydrogen-bond donors (Lipinski definition) is 1. The maximum Gasteiger partial charge on any atom is 0.338 e. The van der Waals surface area contributed by atoms with Gasteiger partial charge in [-0.3, -0.25) is 0 Å². The van der Waals surface area contributed by atoms with Crippen molar-refractivity contribution in [1.82, 2.24) is 4.72 Å². The molecule has 8 heteroatoms. The lowest BCUT2D eigenvalue weighted by Crippen LogP contribution is -2.19. The van der Waals surface area contributed by atoms with Gasteiger partial charge in [-0.1, -0.05) is 35.3 Å². The van der Waals surface area contributed by atoms with Crippen molar-refractivity contribution in [2.45, 2.75) is 11.5 Å². The molecule has 2 aromatic rings. The molecular formula is C15H13Cl2NO4S. The highest BCUT2D eigenvalue weighted by molar-refractivity contribution is 7.89. The van der Waals surface area contributed by atoms with Crippen LogP contribution in [0.25, 0.3) is 0 Å². The van der Waals surface area contributed by atoms with E-state index in [0.717, 1.165) is 5.56 Å². The van der Waals surface area contributed by atoms with Crippen molar-refractivity contribution in [2.75, 3.05) is 7.05 Å². The van der Waals surface area contributed by atoms with Crippen LogP contribution in [0.2, 0.25) is 10.0 Å². The molecule has 23 heavy (non-hydrogen) atoms. The highest BCUT2D eigenvalue weighted by Crippen LogP contribution is 2.23. The number of hydrogen-bond acceptors (Lipinski definition) is 4. The van der Waals surface area contributed by atoms with Crippen LogP contribution in [0, 0.1) is 0 Å². The van der Waals surface area contributed by atoms with Crippen molar-refractivity contribution in [3.63, 3.8) is 0 Å². The van der Waals surface area contributed by atoms with Crippen LogP contribution >= 0.6 is 23.2 Å². The summed E-state index contributed by atoms with van der Waals surface area (Å²) in [5, 5.41) is 0.605. The first-order chi connectivity index (χ1) is 10.8. The second-order valence-electron chi connectivity index (χ2n) is 4.56. The van der Waals surface area contributed by atoms with Crippen LogP contribution in [0.3, 0.4) is 0 Å². The molecular weight excluding hydrogens is 361 g/mol.